The first-order chi connectivity index (χ1) is 8.69. The van der Waals surface area contributed by atoms with Gasteiger partial charge in [0.1, 0.15) is 17.0 Å². The highest BCUT2D eigenvalue weighted by Crippen LogP contribution is 2.15. The molecule has 1 aromatic rings. The van der Waals surface area contributed by atoms with E-state index in [4.69, 9.17) is 4.74 Å². The fourth-order valence-corrected chi connectivity index (χ4v) is 2.07. The monoisotopic (exact) mass is 315 g/mol. The number of halogens is 1. The quantitative estimate of drug-likeness (QED) is 0.691. The molecule has 0 aliphatic heterocycles. The molecule has 1 heterocycles. The summed E-state index contributed by atoms with van der Waals surface area (Å²) in [6.07, 6.45) is 1.92. The van der Waals surface area contributed by atoms with E-state index >= 15 is 0 Å². The minimum Gasteiger partial charge on any atom is -0.476 e. The van der Waals surface area contributed by atoms with Crippen LogP contribution >= 0.6 is 15.9 Å². The van der Waals surface area contributed by atoms with Crippen molar-refractivity contribution in [3.05, 3.63) is 16.5 Å². The molecule has 0 bridgehead atoms. The summed E-state index contributed by atoms with van der Waals surface area (Å²) in [4.78, 5) is 11.0. The minimum atomic E-state index is 0.660. The highest BCUT2D eigenvalue weighted by molar-refractivity contribution is 9.10. The average Bonchev–Trinajstić information content (AvgIpc) is 2.34. The van der Waals surface area contributed by atoms with Crippen LogP contribution in [0.2, 0.25) is 0 Å². The molecule has 102 valence electrons. The van der Waals surface area contributed by atoms with Gasteiger partial charge < -0.3 is 9.64 Å². The van der Waals surface area contributed by atoms with Crippen molar-refractivity contribution in [2.24, 2.45) is 0 Å². The van der Waals surface area contributed by atoms with Crippen molar-refractivity contribution in [2.45, 2.75) is 33.6 Å². The van der Waals surface area contributed by atoms with E-state index in [9.17, 15) is 0 Å². The highest BCUT2D eigenvalue weighted by atomic mass is 79.9. The molecule has 4 nitrogen and oxygen atoms in total. The smallest absolute Gasteiger partial charge is 0.217 e. The van der Waals surface area contributed by atoms with Crippen molar-refractivity contribution in [2.75, 3.05) is 26.2 Å². The molecule has 5 heteroatoms. The Morgan fingerprint density at radius 3 is 2.56 bits per heavy atom. The van der Waals surface area contributed by atoms with E-state index in [1.165, 1.54) is 0 Å². The molecule has 0 radical (unpaired) electrons. The number of aryl methyl sites for hydroxylation is 1. The van der Waals surface area contributed by atoms with Gasteiger partial charge in [-0.2, -0.15) is 4.98 Å². The summed E-state index contributed by atoms with van der Waals surface area (Å²) in [5.74, 6) is 1.50. The number of rotatable bonds is 8. The van der Waals surface area contributed by atoms with Crippen LogP contribution in [-0.2, 0) is 6.42 Å². The molecule has 0 saturated carbocycles. The predicted molar refractivity (Wildman–Crippen MR) is 77.0 cm³/mol. The second-order valence-electron chi connectivity index (χ2n) is 4.07. The molecule has 0 unspecified atom stereocenters. The van der Waals surface area contributed by atoms with Gasteiger partial charge >= 0.3 is 0 Å². The number of hydrogen-bond acceptors (Lipinski definition) is 4. The summed E-state index contributed by atoms with van der Waals surface area (Å²) in [5.41, 5.74) is 0. The Kier molecular flexibility index (Phi) is 7.20. The zero-order chi connectivity index (χ0) is 13.4. The third-order valence-electron chi connectivity index (χ3n) is 2.74. The summed E-state index contributed by atoms with van der Waals surface area (Å²) in [6.45, 7) is 10.1. The van der Waals surface area contributed by atoms with Crippen LogP contribution in [0.1, 0.15) is 33.0 Å². The first-order valence-corrected chi connectivity index (χ1v) is 7.37. The van der Waals surface area contributed by atoms with Crippen molar-refractivity contribution < 1.29 is 4.74 Å². The Morgan fingerprint density at radius 2 is 1.94 bits per heavy atom. The van der Waals surface area contributed by atoms with Crippen LogP contribution in [0.15, 0.2) is 10.7 Å². The van der Waals surface area contributed by atoms with Crippen LogP contribution in [-0.4, -0.2) is 41.1 Å². The topological polar surface area (TPSA) is 38.2 Å². The molecule has 18 heavy (non-hydrogen) atoms. The molecule has 1 rings (SSSR count). The first kappa shape index (κ1) is 15.4. The van der Waals surface area contributed by atoms with Crippen LogP contribution in [0.25, 0.3) is 0 Å². The van der Waals surface area contributed by atoms with Crippen molar-refractivity contribution in [1.82, 2.24) is 14.9 Å². The predicted octanol–water partition coefficient (Wildman–Crippen LogP) is 2.91. The molecule has 0 saturated heterocycles. The number of aromatic nitrogens is 2. The van der Waals surface area contributed by atoms with Gasteiger partial charge in [-0.05, 0) is 35.4 Å². The summed E-state index contributed by atoms with van der Waals surface area (Å²) < 4.78 is 6.48. The molecule has 0 amide bonds. The molecule has 0 aromatic carbocycles. The van der Waals surface area contributed by atoms with Crippen molar-refractivity contribution in [3.8, 4) is 5.88 Å². The van der Waals surface area contributed by atoms with Gasteiger partial charge in [0.05, 0.1) is 0 Å². The van der Waals surface area contributed by atoms with E-state index in [2.05, 4.69) is 51.6 Å². The maximum Gasteiger partial charge on any atom is 0.217 e. The van der Waals surface area contributed by atoms with E-state index in [-0.39, 0.29) is 0 Å². The Bertz CT molecular complexity index is 356. The Hall–Kier alpha value is -0.680. The van der Waals surface area contributed by atoms with Crippen LogP contribution < -0.4 is 4.74 Å². The molecule has 0 aliphatic carbocycles. The molecule has 0 N–H and O–H groups in total. The van der Waals surface area contributed by atoms with E-state index in [1.807, 2.05) is 6.07 Å². The summed E-state index contributed by atoms with van der Waals surface area (Å²) >= 11 is 3.39. The van der Waals surface area contributed by atoms with Crippen LogP contribution in [0.5, 0.6) is 5.88 Å². The van der Waals surface area contributed by atoms with Gasteiger partial charge in [0.2, 0.25) is 5.88 Å². The van der Waals surface area contributed by atoms with E-state index in [0.717, 1.165) is 42.9 Å². The number of likely N-dealkylation sites (N-methyl/N-ethyl adjacent to an activating group) is 1. The van der Waals surface area contributed by atoms with Crippen molar-refractivity contribution in [1.29, 1.82) is 0 Å². The summed E-state index contributed by atoms with van der Waals surface area (Å²) in [6, 6.07) is 1.82. The molecule has 0 aliphatic rings. The molecular weight excluding hydrogens is 294 g/mol. The molecule has 0 spiro atoms. The van der Waals surface area contributed by atoms with Crippen LogP contribution in [0, 0.1) is 0 Å². The fraction of sp³-hybridized carbons (Fsp3) is 0.692. The van der Waals surface area contributed by atoms with Crippen molar-refractivity contribution >= 4 is 15.9 Å². The van der Waals surface area contributed by atoms with Gasteiger partial charge in [-0.1, -0.05) is 20.8 Å². The van der Waals surface area contributed by atoms with Gasteiger partial charge in [0, 0.05) is 19.0 Å². The fourth-order valence-electron chi connectivity index (χ4n) is 1.67. The lowest BCUT2D eigenvalue weighted by Crippen LogP contribution is -2.28. The third kappa shape index (κ3) is 5.31. The van der Waals surface area contributed by atoms with Gasteiger partial charge in [-0.15, -0.1) is 0 Å². The molecule has 1 aromatic heterocycles. The van der Waals surface area contributed by atoms with Gasteiger partial charge in [-0.25, -0.2) is 4.98 Å². The maximum absolute atomic E-state index is 5.69. The zero-order valence-electron chi connectivity index (χ0n) is 11.4. The van der Waals surface area contributed by atoms with Gasteiger partial charge in [0.15, 0.2) is 0 Å². The number of nitrogens with zero attached hydrogens (tertiary/aromatic N) is 3. The van der Waals surface area contributed by atoms with E-state index in [0.29, 0.717) is 12.5 Å². The summed E-state index contributed by atoms with van der Waals surface area (Å²) in [5, 5.41) is 0. The van der Waals surface area contributed by atoms with E-state index < -0.39 is 0 Å². The lowest BCUT2D eigenvalue weighted by molar-refractivity contribution is 0.217. The zero-order valence-corrected chi connectivity index (χ0v) is 13.0. The Morgan fingerprint density at radius 1 is 1.22 bits per heavy atom. The summed E-state index contributed by atoms with van der Waals surface area (Å²) in [7, 11) is 0. The second-order valence-corrected chi connectivity index (χ2v) is 4.88. The normalized spacial score (nSPS) is 10.9. The van der Waals surface area contributed by atoms with Gasteiger partial charge in [-0.3, -0.25) is 0 Å². The second kappa shape index (κ2) is 8.43. The molecule has 0 atom stereocenters. The standard InChI is InChI=1S/C13H22BrN3O/c1-4-7-12-15-11(14)10-13(16-12)18-9-8-17(5-2)6-3/h10H,4-9H2,1-3H3. The third-order valence-corrected chi connectivity index (χ3v) is 3.15. The Labute approximate surface area is 118 Å². The lowest BCUT2D eigenvalue weighted by atomic mass is 10.3. The van der Waals surface area contributed by atoms with Crippen molar-refractivity contribution in [3.63, 3.8) is 0 Å². The average molecular weight is 316 g/mol. The lowest BCUT2D eigenvalue weighted by Gasteiger charge is -2.17. The minimum absolute atomic E-state index is 0.660. The largest absolute Gasteiger partial charge is 0.476 e. The number of ether oxygens (including phenoxy) is 1. The molecule has 0 fully saturated rings. The van der Waals surface area contributed by atoms with Crippen LogP contribution in [0.3, 0.4) is 0 Å². The highest BCUT2D eigenvalue weighted by Gasteiger charge is 2.04. The first-order valence-electron chi connectivity index (χ1n) is 6.58. The SMILES string of the molecule is CCCc1nc(Br)cc(OCCN(CC)CC)n1. The van der Waals surface area contributed by atoms with Gasteiger partial charge in [0.25, 0.3) is 0 Å². The Balaban J connectivity index is 2.51. The number of hydrogen-bond donors (Lipinski definition) is 0. The van der Waals surface area contributed by atoms with Crippen LogP contribution in [0.4, 0.5) is 0 Å². The molecular formula is C13H22BrN3O. The van der Waals surface area contributed by atoms with E-state index in [1.54, 1.807) is 0 Å². The maximum atomic E-state index is 5.69.